The maximum Gasteiger partial charge on any atom is 1.00 e. The number of benzene rings is 4. The van der Waals surface area contributed by atoms with Crippen LogP contribution in [0, 0.1) is 0 Å². The number of fused-ring (bicyclic) bond motifs is 1. The average Bonchev–Trinajstić information content (AvgIpc) is 3.09. The van der Waals surface area contributed by atoms with Gasteiger partial charge in [0.15, 0.2) is 15.6 Å². The number of carbonyl (C=O) groups is 1. The second-order valence-corrected chi connectivity index (χ2v) is 16.4. The van der Waals surface area contributed by atoms with Crippen LogP contribution in [0.4, 0.5) is 40.3 Å². The molecule has 4 aromatic carbocycles. The Hall–Kier alpha value is -2.13. The molecule has 0 atom stereocenters. The van der Waals surface area contributed by atoms with Crippen molar-refractivity contribution >= 4 is 111 Å². The Morgan fingerprint density at radius 2 is 1.46 bits per heavy atom. The van der Waals surface area contributed by atoms with Crippen LogP contribution in [0.15, 0.2) is 91.6 Å². The van der Waals surface area contributed by atoms with Gasteiger partial charge in [-0.2, -0.15) is 19.3 Å². The van der Waals surface area contributed by atoms with Crippen LogP contribution < -0.4 is 110 Å². The molecule has 0 spiro atoms. The Kier molecular flexibility index (Phi) is 20.5. The number of nitrogens with one attached hydrogen (secondary N) is 3. The molecule has 0 aliphatic rings. The molecule has 59 heavy (non-hydrogen) atoms. The summed E-state index contributed by atoms with van der Waals surface area (Å²) in [5.41, 5.74) is -0.155. The van der Waals surface area contributed by atoms with Gasteiger partial charge in [-0.1, -0.05) is 0 Å². The minimum absolute atomic E-state index is 0. The maximum atomic E-state index is 12.5. The molecule has 5 aromatic rings. The molecule has 1 aromatic heterocycles. The summed E-state index contributed by atoms with van der Waals surface area (Å²) < 4.78 is 101. The summed E-state index contributed by atoms with van der Waals surface area (Å²) in [6.45, 7) is 0.420. The summed E-state index contributed by atoms with van der Waals surface area (Å²) >= 11 is 6.41. The number of carbonyl (C=O) groups excluding carboxylic acids is 1. The van der Waals surface area contributed by atoms with E-state index >= 15 is 0 Å². The normalized spacial score (nSPS) is 11.6. The van der Waals surface area contributed by atoms with Crippen LogP contribution in [-0.4, -0.2) is 72.7 Å². The molecular formula is C29H22ClN8Na3O14S4. The van der Waals surface area contributed by atoms with Gasteiger partial charge < -0.3 is 35.4 Å². The predicted octanol–water partition coefficient (Wildman–Crippen LogP) is -5.36. The first-order valence-corrected chi connectivity index (χ1v) is 20.4. The van der Waals surface area contributed by atoms with E-state index in [4.69, 9.17) is 11.6 Å². The van der Waals surface area contributed by atoms with Crippen LogP contribution in [0.1, 0.15) is 6.92 Å². The largest absolute Gasteiger partial charge is 1.00 e. The van der Waals surface area contributed by atoms with Gasteiger partial charge in [0.1, 0.15) is 21.5 Å². The zero-order chi connectivity index (χ0) is 40.8. The molecule has 1 heterocycles. The molecule has 0 bridgehead atoms. The van der Waals surface area contributed by atoms with Gasteiger partial charge >= 0.3 is 88.7 Å². The summed E-state index contributed by atoms with van der Waals surface area (Å²) in [5, 5.41) is 41.3. The molecule has 296 valence electrons. The monoisotopic (exact) mass is 938 g/mol. The summed E-state index contributed by atoms with van der Waals surface area (Å²) in [4.78, 5) is 22.5. The zero-order valence-corrected chi connectivity index (χ0v) is 40.8. The van der Waals surface area contributed by atoms with Crippen LogP contribution in [0.3, 0.4) is 0 Å². The van der Waals surface area contributed by atoms with Gasteiger partial charge in [-0.25, -0.2) is 25.3 Å². The molecule has 30 heteroatoms. The fraction of sp³-hybridized carbons (Fsp3) is 0.103. The Bertz CT molecular complexity index is 2690. The van der Waals surface area contributed by atoms with Crippen molar-refractivity contribution in [1.29, 1.82) is 0 Å². The minimum atomic E-state index is -5.16. The van der Waals surface area contributed by atoms with Crippen molar-refractivity contribution in [2.45, 2.75) is 21.6 Å². The fourth-order valence-electron chi connectivity index (χ4n) is 4.66. The van der Waals surface area contributed by atoms with Gasteiger partial charge in [0.2, 0.25) is 33.5 Å². The third-order valence-corrected chi connectivity index (χ3v) is 10.7. The average molecular weight is 939 g/mol. The van der Waals surface area contributed by atoms with Gasteiger partial charge in [0, 0.05) is 29.4 Å². The SMILES string of the molecule is CC(=O)Nc1ccc2c(O)c(N=Nc3cc(Nc4nc(Cl)nc(Nc5ccc(S(=O)(=O)CCOS(=O)(=O)[O-])cc5)n4)ccc3S(=O)(=O)[O-])c(SOO[O-])cc2c1.[Na+].[Na+].[Na+]. The molecule has 0 radical (unpaired) electrons. The van der Waals surface area contributed by atoms with Crippen LogP contribution in [0.2, 0.25) is 5.28 Å². The first kappa shape index (κ1) is 53.0. The number of sulfone groups is 1. The van der Waals surface area contributed by atoms with E-state index in [1.165, 1.54) is 61.5 Å². The van der Waals surface area contributed by atoms with Crippen molar-refractivity contribution < 1.29 is 152 Å². The van der Waals surface area contributed by atoms with Gasteiger partial charge in [-0.15, -0.1) is 10.2 Å². The van der Waals surface area contributed by atoms with Gasteiger partial charge in [0.05, 0.1) is 39.1 Å². The third kappa shape index (κ3) is 15.3. The number of rotatable bonds is 16. The van der Waals surface area contributed by atoms with Crippen LogP contribution in [0.25, 0.3) is 10.8 Å². The zero-order valence-electron chi connectivity index (χ0n) is 30.8. The molecule has 0 fully saturated rings. The third-order valence-electron chi connectivity index (χ3n) is 6.92. The fourth-order valence-corrected chi connectivity index (χ4v) is 7.39. The van der Waals surface area contributed by atoms with Gasteiger partial charge in [0.25, 0.3) is 0 Å². The predicted molar refractivity (Wildman–Crippen MR) is 192 cm³/mol. The molecule has 0 aliphatic carbocycles. The van der Waals surface area contributed by atoms with E-state index in [2.05, 4.69) is 54.7 Å². The second-order valence-electron chi connectivity index (χ2n) is 10.8. The number of nitrogens with zero attached hydrogens (tertiary/aromatic N) is 5. The number of aromatic nitrogens is 3. The number of hydrogen-bond donors (Lipinski definition) is 4. The van der Waals surface area contributed by atoms with Crippen molar-refractivity contribution in [3.05, 3.63) is 72.0 Å². The topological polar surface area (TPSA) is 336 Å². The molecule has 0 aliphatic heterocycles. The number of phenols is 1. The first-order valence-electron chi connectivity index (χ1n) is 14.9. The molecule has 1 amide bonds. The standard InChI is InChI=1S/C29H25ClN8O14S4.3Na/c1-15(39)31-18-4-8-21-16(12-18)13-23(53-52-51-41)25(26(21)40)38-37-22-14-19(5-9-24(22)55(44,45)46)33-29-35-27(30)34-28(36-29)32-17-2-6-20(7-3-17)54(42,43)11-10-50-56(47,48)49;;;/h2-9,12-14,40-41H,10-11H2,1H3,(H,31,39)(H,44,45,46)(H,47,48,49)(H2,32,33,34,35,36);;;/q;3*+1/p-3. The summed E-state index contributed by atoms with van der Waals surface area (Å²) in [6.07, 6.45) is 0. The van der Waals surface area contributed by atoms with Crippen molar-refractivity contribution in [2.75, 3.05) is 28.3 Å². The first-order chi connectivity index (χ1) is 26.3. The van der Waals surface area contributed by atoms with E-state index in [1.807, 2.05) is 0 Å². The van der Waals surface area contributed by atoms with E-state index in [9.17, 15) is 49.5 Å². The number of anilines is 5. The number of halogens is 1. The molecular weight excluding hydrogens is 917 g/mol. The Morgan fingerprint density at radius 1 is 0.847 bits per heavy atom. The summed E-state index contributed by atoms with van der Waals surface area (Å²) in [6, 6.07) is 14.0. The summed E-state index contributed by atoms with van der Waals surface area (Å²) in [7, 11) is -14.3. The van der Waals surface area contributed by atoms with Crippen molar-refractivity contribution in [1.82, 2.24) is 15.0 Å². The van der Waals surface area contributed by atoms with E-state index in [1.54, 1.807) is 0 Å². The number of amides is 1. The Morgan fingerprint density at radius 3 is 2.05 bits per heavy atom. The second kappa shape index (κ2) is 22.8. The number of aromatic hydroxyl groups is 1. The molecule has 0 saturated carbocycles. The van der Waals surface area contributed by atoms with Crippen LogP contribution >= 0.6 is 23.6 Å². The summed E-state index contributed by atoms with van der Waals surface area (Å²) in [5.74, 6) is -2.01. The van der Waals surface area contributed by atoms with E-state index in [0.29, 0.717) is 23.1 Å². The number of phenolic OH excluding ortho intramolecular Hbond substituents is 1. The van der Waals surface area contributed by atoms with E-state index in [0.717, 1.165) is 12.1 Å². The van der Waals surface area contributed by atoms with E-state index < -0.39 is 59.0 Å². The van der Waals surface area contributed by atoms with Crippen molar-refractivity contribution in [2.24, 2.45) is 10.2 Å². The Labute approximate surface area is 410 Å². The van der Waals surface area contributed by atoms with Gasteiger partial charge in [-0.05, 0) is 83.7 Å². The minimum Gasteiger partial charge on any atom is -0.744 e. The Balaban J connectivity index is 0.00000400. The number of hydrogen-bond acceptors (Lipinski definition) is 22. The van der Waals surface area contributed by atoms with Gasteiger partial charge in [-0.3, -0.25) is 14.0 Å². The van der Waals surface area contributed by atoms with Crippen molar-refractivity contribution in [3.8, 4) is 5.75 Å². The van der Waals surface area contributed by atoms with Crippen molar-refractivity contribution in [3.63, 3.8) is 0 Å². The maximum absolute atomic E-state index is 12.5. The molecule has 4 N–H and O–H groups in total. The van der Waals surface area contributed by atoms with Crippen LogP contribution in [0.5, 0.6) is 5.75 Å². The smallest absolute Gasteiger partial charge is 0.744 e. The van der Waals surface area contributed by atoms with E-state index in [-0.39, 0.29) is 144 Å². The molecule has 22 nitrogen and oxygen atoms in total. The quantitative estimate of drug-likeness (QED) is 0.0136. The molecule has 0 saturated heterocycles. The number of azo groups is 1. The van der Waals surface area contributed by atoms with Crippen LogP contribution in [-0.2, 0) is 48.7 Å². The molecule has 5 rings (SSSR count). The molecule has 0 unspecified atom stereocenters.